The van der Waals surface area contributed by atoms with Crippen LogP contribution in [0.25, 0.3) is 11.3 Å². The number of nitrogens with zero attached hydrogens (tertiary/aromatic N) is 2. The van der Waals surface area contributed by atoms with E-state index in [4.69, 9.17) is 0 Å². The van der Waals surface area contributed by atoms with Gasteiger partial charge in [-0.25, -0.2) is 22.9 Å². The van der Waals surface area contributed by atoms with Crippen LogP contribution < -0.4 is 15.6 Å². The summed E-state index contributed by atoms with van der Waals surface area (Å²) in [6.07, 6.45) is 2.55. The summed E-state index contributed by atoms with van der Waals surface area (Å²) in [5.41, 5.74) is 1.71. The SMILES string of the molecule is Cc1nc(-c2ccc(NC(=O)N3CCC[C@@H](NS(C)(=O)=O)C3)cc2)cc(=O)[nH]1. The number of carbonyl (C=O) groups excluding carboxylic acids is 1. The van der Waals surface area contributed by atoms with Crippen molar-refractivity contribution in [2.75, 3.05) is 24.7 Å². The van der Waals surface area contributed by atoms with E-state index in [2.05, 4.69) is 20.0 Å². The molecule has 1 aromatic carbocycles. The highest BCUT2D eigenvalue weighted by Gasteiger charge is 2.25. The van der Waals surface area contributed by atoms with Crippen LogP contribution in [0.4, 0.5) is 10.5 Å². The fraction of sp³-hybridized carbons (Fsp3) is 0.389. The number of carbonyl (C=O) groups is 1. The van der Waals surface area contributed by atoms with E-state index in [1.165, 1.54) is 6.07 Å². The first kappa shape index (κ1) is 20.0. The van der Waals surface area contributed by atoms with Crippen molar-refractivity contribution < 1.29 is 13.2 Å². The Balaban J connectivity index is 1.65. The lowest BCUT2D eigenvalue weighted by Crippen LogP contribution is -2.50. The highest BCUT2D eigenvalue weighted by atomic mass is 32.2. The zero-order chi connectivity index (χ0) is 20.3. The third kappa shape index (κ3) is 5.40. The van der Waals surface area contributed by atoms with Crippen LogP contribution in [-0.4, -0.2) is 54.7 Å². The Labute approximate surface area is 163 Å². The smallest absolute Gasteiger partial charge is 0.321 e. The largest absolute Gasteiger partial charge is 0.323 e. The van der Waals surface area contributed by atoms with E-state index >= 15 is 0 Å². The molecule has 1 aromatic heterocycles. The number of aryl methyl sites for hydroxylation is 1. The van der Waals surface area contributed by atoms with Crippen LogP contribution in [0, 0.1) is 6.92 Å². The van der Waals surface area contributed by atoms with Crippen LogP contribution in [-0.2, 0) is 10.0 Å². The van der Waals surface area contributed by atoms with E-state index in [-0.39, 0.29) is 17.6 Å². The second-order valence-electron chi connectivity index (χ2n) is 6.90. The first-order valence-corrected chi connectivity index (χ1v) is 10.8. The number of sulfonamides is 1. The molecule has 150 valence electrons. The number of aromatic nitrogens is 2. The van der Waals surface area contributed by atoms with Gasteiger partial charge in [-0.15, -0.1) is 0 Å². The second-order valence-corrected chi connectivity index (χ2v) is 8.68. The molecular weight excluding hydrogens is 382 g/mol. The molecule has 9 nitrogen and oxygen atoms in total. The summed E-state index contributed by atoms with van der Waals surface area (Å²) in [4.78, 5) is 32.6. The number of H-pyrrole nitrogens is 1. The molecule has 1 aliphatic rings. The Kier molecular flexibility index (Phi) is 5.80. The summed E-state index contributed by atoms with van der Waals surface area (Å²) in [7, 11) is -3.31. The van der Waals surface area contributed by atoms with Gasteiger partial charge in [0.2, 0.25) is 10.0 Å². The van der Waals surface area contributed by atoms with Gasteiger partial charge in [-0.2, -0.15) is 0 Å². The van der Waals surface area contributed by atoms with Crippen molar-refractivity contribution in [2.45, 2.75) is 25.8 Å². The Morgan fingerprint density at radius 1 is 1.29 bits per heavy atom. The van der Waals surface area contributed by atoms with Crippen LogP contribution >= 0.6 is 0 Å². The molecule has 3 N–H and O–H groups in total. The molecule has 0 aliphatic carbocycles. The summed E-state index contributed by atoms with van der Waals surface area (Å²) in [6.45, 7) is 2.61. The van der Waals surface area contributed by atoms with Gasteiger partial charge in [0.05, 0.1) is 11.9 Å². The zero-order valence-electron chi connectivity index (χ0n) is 15.7. The number of aromatic amines is 1. The predicted octanol–water partition coefficient (Wildman–Crippen LogP) is 1.29. The van der Waals surface area contributed by atoms with E-state index in [1.807, 2.05) is 0 Å². The lowest BCUT2D eigenvalue weighted by Gasteiger charge is -2.32. The highest BCUT2D eigenvalue weighted by Crippen LogP contribution is 2.19. The topological polar surface area (TPSA) is 124 Å². The maximum Gasteiger partial charge on any atom is 0.321 e. The number of piperidine rings is 1. The van der Waals surface area contributed by atoms with Gasteiger partial charge in [0, 0.05) is 36.4 Å². The number of urea groups is 1. The lowest BCUT2D eigenvalue weighted by molar-refractivity contribution is 0.190. The molecule has 1 saturated heterocycles. The summed E-state index contributed by atoms with van der Waals surface area (Å²) in [5.74, 6) is 0.530. The van der Waals surface area contributed by atoms with Crippen LogP contribution in [0.5, 0.6) is 0 Å². The Bertz CT molecular complexity index is 1020. The number of likely N-dealkylation sites (tertiary alicyclic amines) is 1. The van der Waals surface area contributed by atoms with Gasteiger partial charge in [0.1, 0.15) is 5.82 Å². The molecule has 2 heterocycles. The van der Waals surface area contributed by atoms with Gasteiger partial charge in [0.15, 0.2) is 0 Å². The molecule has 1 fully saturated rings. The minimum atomic E-state index is -3.31. The predicted molar refractivity (Wildman–Crippen MR) is 107 cm³/mol. The van der Waals surface area contributed by atoms with Crippen LogP contribution in [0.1, 0.15) is 18.7 Å². The number of hydrogen-bond acceptors (Lipinski definition) is 5. The first-order valence-electron chi connectivity index (χ1n) is 8.91. The van der Waals surface area contributed by atoms with Gasteiger partial charge >= 0.3 is 6.03 Å². The van der Waals surface area contributed by atoms with Crippen LogP contribution in [0.2, 0.25) is 0 Å². The van der Waals surface area contributed by atoms with E-state index in [0.29, 0.717) is 36.7 Å². The number of hydrogen-bond donors (Lipinski definition) is 3. The van der Waals surface area contributed by atoms with Crippen molar-refractivity contribution in [1.29, 1.82) is 0 Å². The summed E-state index contributed by atoms with van der Waals surface area (Å²) >= 11 is 0. The number of amides is 2. The molecule has 2 amide bonds. The molecule has 0 bridgehead atoms. The van der Waals surface area contributed by atoms with Gasteiger partial charge in [0.25, 0.3) is 5.56 Å². The Morgan fingerprint density at radius 3 is 2.64 bits per heavy atom. The van der Waals surface area contributed by atoms with E-state index in [9.17, 15) is 18.0 Å². The van der Waals surface area contributed by atoms with Gasteiger partial charge < -0.3 is 15.2 Å². The second kappa shape index (κ2) is 8.11. The Hall–Kier alpha value is -2.72. The standard InChI is InChI=1S/C18H23N5O4S/c1-12-19-16(10-17(24)20-12)13-5-7-14(8-6-13)21-18(25)23-9-3-4-15(11-23)22-28(2,26)27/h5-8,10,15,22H,3-4,9,11H2,1-2H3,(H,21,25)(H,19,20,24)/t15-/m1/s1. The normalized spacial score (nSPS) is 17.4. The number of rotatable bonds is 4. The van der Waals surface area contributed by atoms with Crippen molar-refractivity contribution >= 4 is 21.7 Å². The first-order chi connectivity index (χ1) is 13.2. The third-order valence-electron chi connectivity index (χ3n) is 4.38. The average molecular weight is 405 g/mol. The van der Waals surface area contributed by atoms with Crippen molar-refractivity contribution in [1.82, 2.24) is 19.6 Å². The average Bonchev–Trinajstić information content (AvgIpc) is 2.60. The van der Waals surface area contributed by atoms with Gasteiger partial charge in [-0.1, -0.05) is 12.1 Å². The van der Waals surface area contributed by atoms with Gasteiger partial charge in [-0.05, 0) is 31.9 Å². The Morgan fingerprint density at radius 2 is 2.00 bits per heavy atom. The van der Waals surface area contributed by atoms with Crippen molar-refractivity contribution in [2.24, 2.45) is 0 Å². The zero-order valence-corrected chi connectivity index (χ0v) is 16.5. The third-order valence-corrected chi connectivity index (χ3v) is 5.14. The number of anilines is 1. The molecule has 1 aliphatic heterocycles. The molecule has 0 spiro atoms. The van der Waals surface area contributed by atoms with Crippen molar-refractivity contribution in [3.8, 4) is 11.3 Å². The minimum Gasteiger partial charge on any atom is -0.323 e. The van der Waals surface area contributed by atoms with Crippen LogP contribution in [0.15, 0.2) is 35.1 Å². The fourth-order valence-corrected chi connectivity index (χ4v) is 4.01. The quantitative estimate of drug-likeness (QED) is 0.707. The number of nitrogens with one attached hydrogen (secondary N) is 3. The van der Waals surface area contributed by atoms with E-state index < -0.39 is 10.0 Å². The van der Waals surface area contributed by atoms with Gasteiger partial charge in [-0.3, -0.25) is 4.79 Å². The summed E-state index contributed by atoms with van der Waals surface area (Å²) in [5, 5.41) is 2.82. The van der Waals surface area contributed by atoms with Crippen molar-refractivity contribution in [3.63, 3.8) is 0 Å². The molecule has 0 unspecified atom stereocenters. The van der Waals surface area contributed by atoms with E-state index in [0.717, 1.165) is 18.2 Å². The van der Waals surface area contributed by atoms with Crippen molar-refractivity contribution in [3.05, 3.63) is 46.5 Å². The molecule has 0 saturated carbocycles. The lowest BCUT2D eigenvalue weighted by atomic mass is 10.1. The number of benzene rings is 1. The summed E-state index contributed by atoms with van der Waals surface area (Å²) in [6, 6.07) is 7.90. The fourth-order valence-electron chi connectivity index (χ4n) is 3.21. The summed E-state index contributed by atoms with van der Waals surface area (Å²) < 4.78 is 25.4. The maximum absolute atomic E-state index is 12.5. The minimum absolute atomic E-state index is 0.220. The molecule has 10 heteroatoms. The highest BCUT2D eigenvalue weighted by molar-refractivity contribution is 7.88. The molecule has 28 heavy (non-hydrogen) atoms. The molecule has 0 radical (unpaired) electrons. The van der Waals surface area contributed by atoms with E-state index in [1.54, 1.807) is 36.1 Å². The van der Waals surface area contributed by atoms with Crippen LogP contribution in [0.3, 0.4) is 0 Å². The molecule has 1 atom stereocenters. The molecular formula is C18H23N5O4S. The monoisotopic (exact) mass is 405 g/mol. The molecule has 2 aromatic rings. The maximum atomic E-state index is 12.5. The molecule has 3 rings (SSSR count).